The van der Waals surface area contributed by atoms with Crippen molar-refractivity contribution in [2.24, 2.45) is 0 Å². The highest BCUT2D eigenvalue weighted by Gasteiger charge is 2.40. The predicted molar refractivity (Wildman–Crippen MR) is 73.3 cm³/mol. The van der Waals surface area contributed by atoms with Gasteiger partial charge >= 0.3 is 18.3 Å². The molecule has 0 heterocycles. The molecule has 2 rings (SSSR count). The Labute approximate surface area is 140 Å². The third kappa shape index (κ3) is 3.92. The van der Waals surface area contributed by atoms with Crippen LogP contribution in [0.1, 0.15) is 21.5 Å². The van der Waals surface area contributed by atoms with Crippen molar-refractivity contribution in [3.63, 3.8) is 0 Å². The molecule has 11 heteroatoms. The molecule has 2 aromatic carbocycles. The fraction of sp³-hybridized carbons (Fsp3) is 0.133. The van der Waals surface area contributed by atoms with Gasteiger partial charge in [-0.25, -0.2) is 4.79 Å². The summed E-state index contributed by atoms with van der Waals surface area (Å²) in [4.78, 5) is 10.8. The number of halogens is 6. The molecule has 0 spiro atoms. The van der Waals surface area contributed by atoms with E-state index in [9.17, 15) is 41.4 Å². The van der Waals surface area contributed by atoms with Crippen LogP contribution in [0.15, 0.2) is 30.3 Å². The molecule has 0 aromatic heterocycles. The van der Waals surface area contributed by atoms with Gasteiger partial charge in [0.15, 0.2) is 0 Å². The molecule has 3 N–H and O–H groups in total. The molecule has 0 aliphatic carbocycles. The smallest absolute Gasteiger partial charge is 0.420 e. The van der Waals surface area contributed by atoms with Gasteiger partial charge in [0.05, 0.1) is 0 Å². The number of carbonyl (C=O) groups is 1. The number of benzene rings is 2. The maximum absolute atomic E-state index is 13.0. The number of hydrogen-bond donors (Lipinski definition) is 3. The second kappa shape index (κ2) is 6.32. The fourth-order valence-corrected chi connectivity index (χ4v) is 1.98. The van der Waals surface area contributed by atoms with Gasteiger partial charge in [-0.15, -0.1) is 0 Å². The zero-order chi connectivity index (χ0) is 19.9. The first-order valence-corrected chi connectivity index (χ1v) is 6.56. The summed E-state index contributed by atoms with van der Waals surface area (Å²) < 4.78 is 82.2. The molecule has 140 valence electrons. The van der Waals surface area contributed by atoms with E-state index in [2.05, 4.69) is 0 Å². The third-order valence-corrected chi connectivity index (χ3v) is 3.14. The van der Waals surface area contributed by atoms with Gasteiger partial charge in [-0.1, -0.05) is 0 Å². The highest BCUT2D eigenvalue weighted by Crippen LogP contribution is 2.45. The Morgan fingerprint density at radius 1 is 0.846 bits per heavy atom. The highest BCUT2D eigenvalue weighted by atomic mass is 19.4. The Morgan fingerprint density at radius 3 is 1.88 bits per heavy atom. The molecular formula is C15H8F6O5. The summed E-state index contributed by atoms with van der Waals surface area (Å²) in [6, 6.07) is 2.10. The first-order chi connectivity index (χ1) is 11.8. The predicted octanol–water partition coefficient (Wildman–Crippen LogP) is 4.63. The zero-order valence-electron chi connectivity index (χ0n) is 12.3. The lowest BCUT2D eigenvalue weighted by atomic mass is 10.1. The van der Waals surface area contributed by atoms with Crippen LogP contribution in [-0.2, 0) is 12.4 Å². The van der Waals surface area contributed by atoms with Crippen LogP contribution in [0.2, 0.25) is 0 Å². The lowest BCUT2D eigenvalue weighted by Crippen LogP contribution is -2.11. The number of hydrogen-bond acceptors (Lipinski definition) is 4. The molecule has 0 saturated heterocycles. The van der Waals surface area contributed by atoms with Crippen molar-refractivity contribution in [1.82, 2.24) is 0 Å². The van der Waals surface area contributed by atoms with Crippen LogP contribution in [0.3, 0.4) is 0 Å². The van der Waals surface area contributed by atoms with Crippen molar-refractivity contribution in [3.05, 3.63) is 47.0 Å². The number of carboxylic acid groups (broad SMARTS) is 1. The molecule has 0 bridgehead atoms. The van der Waals surface area contributed by atoms with Crippen molar-refractivity contribution >= 4 is 5.97 Å². The first-order valence-electron chi connectivity index (χ1n) is 6.56. The molecular weight excluding hydrogens is 374 g/mol. The third-order valence-electron chi connectivity index (χ3n) is 3.14. The molecule has 2 aromatic rings. The number of phenolic OH excluding ortho intramolecular Hbond substituents is 1. The van der Waals surface area contributed by atoms with E-state index in [-0.39, 0.29) is 12.1 Å². The van der Waals surface area contributed by atoms with Gasteiger partial charge in [-0.3, -0.25) is 0 Å². The van der Waals surface area contributed by atoms with Crippen LogP contribution in [0, 0.1) is 0 Å². The SMILES string of the molecule is O=C(O)c1ccc(Oc2cc(C(F)(F)F)c(O)cc2C(F)(F)F)cc1O. The van der Waals surface area contributed by atoms with Crippen molar-refractivity contribution < 1.29 is 51.2 Å². The minimum absolute atomic E-state index is 0.0414. The summed E-state index contributed by atoms with van der Waals surface area (Å²) in [5.41, 5.74) is -4.04. The summed E-state index contributed by atoms with van der Waals surface area (Å²) in [6.45, 7) is 0. The van der Waals surface area contributed by atoms with Gasteiger partial charge in [0.1, 0.15) is 39.7 Å². The van der Waals surface area contributed by atoms with E-state index in [0.717, 1.165) is 12.1 Å². The number of carboxylic acids is 1. The normalized spacial score (nSPS) is 12.1. The van der Waals surface area contributed by atoms with Gasteiger partial charge in [0, 0.05) is 6.07 Å². The average Bonchev–Trinajstić information content (AvgIpc) is 2.46. The number of ether oxygens (including phenoxy) is 1. The number of phenols is 2. The molecule has 0 saturated carbocycles. The maximum Gasteiger partial charge on any atom is 0.420 e. The largest absolute Gasteiger partial charge is 0.507 e. The minimum atomic E-state index is -5.15. The highest BCUT2D eigenvalue weighted by molar-refractivity contribution is 5.90. The summed E-state index contributed by atoms with van der Waals surface area (Å²) in [5, 5.41) is 27.5. The Morgan fingerprint density at radius 2 is 1.42 bits per heavy atom. The second-order valence-electron chi connectivity index (χ2n) is 4.95. The molecule has 0 fully saturated rings. The van der Waals surface area contributed by atoms with Gasteiger partial charge in [-0.2, -0.15) is 26.3 Å². The van der Waals surface area contributed by atoms with Crippen molar-refractivity contribution in [3.8, 4) is 23.0 Å². The van der Waals surface area contributed by atoms with Crippen molar-refractivity contribution in [2.45, 2.75) is 12.4 Å². The standard InChI is InChI=1S/C15H8F6O5/c16-14(17,18)8-5-12(9(4-11(8)23)15(19,20)21)26-6-1-2-7(13(24)25)10(22)3-6/h1-5,22-23H,(H,24,25). The van der Waals surface area contributed by atoms with Crippen molar-refractivity contribution in [1.29, 1.82) is 0 Å². The van der Waals surface area contributed by atoms with Crippen LogP contribution in [0.5, 0.6) is 23.0 Å². The molecule has 0 amide bonds. The topological polar surface area (TPSA) is 87.0 Å². The van der Waals surface area contributed by atoms with E-state index in [0.29, 0.717) is 6.07 Å². The van der Waals surface area contributed by atoms with E-state index in [1.807, 2.05) is 0 Å². The molecule has 0 atom stereocenters. The van der Waals surface area contributed by atoms with E-state index in [1.54, 1.807) is 0 Å². The second-order valence-corrected chi connectivity index (χ2v) is 4.95. The Balaban J connectivity index is 2.57. The van der Waals surface area contributed by atoms with Crippen LogP contribution >= 0.6 is 0 Å². The molecule has 0 aliphatic rings. The van der Waals surface area contributed by atoms with Gasteiger partial charge in [0.25, 0.3) is 0 Å². The van der Waals surface area contributed by atoms with Gasteiger partial charge < -0.3 is 20.1 Å². The van der Waals surface area contributed by atoms with E-state index in [1.165, 1.54) is 0 Å². The zero-order valence-corrected chi connectivity index (χ0v) is 12.3. The summed E-state index contributed by atoms with van der Waals surface area (Å²) in [7, 11) is 0. The summed E-state index contributed by atoms with van der Waals surface area (Å²) in [5.74, 6) is -5.87. The quantitative estimate of drug-likeness (QED) is 0.674. The molecule has 0 unspecified atom stereocenters. The van der Waals surface area contributed by atoms with Gasteiger partial charge in [0.2, 0.25) is 0 Å². The lowest BCUT2D eigenvalue weighted by molar-refractivity contribution is -0.143. The number of aromatic carboxylic acids is 1. The average molecular weight is 382 g/mol. The lowest BCUT2D eigenvalue weighted by Gasteiger charge is -2.17. The Bertz CT molecular complexity index is 857. The van der Waals surface area contributed by atoms with Crippen LogP contribution in [-0.4, -0.2) is 21.3 Å². The van der Waals surface area contributed by atoms with Crippen LogP contribution in [0.25, 0.3) is 0 Å². The molecule has 0 radical (unpaired) electrons. The van der Waals surface area contributed by atoms with Crippen molar-refractivity contribution in [2.75, 3.05) is 0 Å². The number of aromatic hydroxyl groups is 2. The van der Waals surface area contributed by atoms with E-state index in [4.69, 9.17) is 9.84 Å². The van der Waals surface area contributed by atoms with Gasteiger partial charge in [-0.05, 0) is 24.3 Å². The minimum Gasteiger partial charge on any atom is -0.507 e. The number of rotatable bonds is 3. The van der Waals surface area contributed by atoms with Crippen LogP contribution in [0.4, 0.5) is 26.3 Å². The Hall–Kier alpha value is -3.11. The first kappa shape index (κ1) is 19.2. The monoisotopic (exact) mass is 382 g/mol. The molecule has 26 heavy (non-hydrogen) atoms. The molecule has 5 nitrogen and oxygen atoms in total. The maximum atomic E-state index is 13.0. The summed E-state index contributed by atoms with van der Waals surface area (Å²) in [6.07, 6.45) is -10.3. The fourth-order valence-electron chi connectivity index (χ4n) is 1.98. The number of alkyl halides is 6. The summed E-state index contributed by atoms with van der Waals surface area (Å²) >= 11 is 0. The Kier molecular flexibility index (Phi) is 4.67. The molecule has 0 aliphatic heterocycles. The van der Waals surface area contributed by atoms with Crippen LogP contribution < -0.4 is 4.74 Å². The van der Waals surface area contributed by atoms with E-state index >= 15 is 0 Å². The van der Waals surface area contributed by atoms with E-state index < -0.39 is 58.0 Å².